The summed E-state index contributed by atoms with van der Waals surface area (Å²) < 4.78 is 21.6. The molecule has 29 heavy (non-hydrogen) atoms. The van der Waals surface area contributed by atoms with Crippen LogP contribution in [0.3, 0.4) is 0 Å². The van der Waals surface area contributed by atoms with Gasteiger partial charge in [0.25, 0.3) is 0 Å². The van der Waals surface area contributed by atoms with Crippen molar-refractivity contribution in [1.82, 2.24) is 15.0 Å². The Morgan fingerprint density at radius 2 is 1.97 bits per heavy atom. The zero-order chi connectivity index (χ0) is 19.8. The van der Waals surface area contributed by atoms with Crippen molar-refractivity contribution < 1.29 is 18.7 Å². The van der Waals surface area contributed by atoms with E-state index in [1.165, 1.54) is 0 Å². The number of methoxy groups -OCH3 is 1. The first kappa shape index (κ1) is 18.3. The molecule has 0 aliphatic carbocycles. The first-order valence-electron chi connectivity index (χ1n) is 9.48. The van der Waals surface area contributed by atoms with Crippen molar-refractivity contribution in [3.63, 3.8) is 0 Å². The summed E-state index contributed by atoms with van der Waals surface area (Å²) >= 11 is 6.42. The van der Waals surface area contributed by atoms with Gasteiger partial charge in [0.2, 0.25) is 18.5 Å². The van der Waals surface area contributed by atoms with E-state index in [4.69, 9.17) is 30.3 Å². The van der Waals surface area contributed by atoms with Crippen LogP contribution in [-0.2, 0) is 6.54 Å². The molecule has 7 nitrogen and oxygen atoms in total. The second-order valence-electron chi connectivity index (χ2n) is 7.20. The van der Waals surface area contributed by atoms with E-state index in [0.717, 1.165) is 48.7 Å². The minimum atomic E-state index is 0.210. The van der Waals surface area contributed by atoms with E-state index in [1.807, 2.05) is 36.4 Å². The topological polar surface area (TPSA) is 69.9 Å². The van der Waals surface area contributed by atoms with Crippen molar-refractivity contribution in [2.24, 2.45) is 0 Å². The molecule has 0 unspecified atom stereocenters. The van der Waals surface area contributed by atoms with Crippen molar-refractivity contribution >= 4 is 11.6 Å². The summed E-state index contributed by atoms with van der Waals surface area (Å²) in [6, 6.07) is 11.4. The van der Waals surface area contributed by atoms with Crippen molar-refractivity contribution in [3.05, 3.63) is 52.9 Å². The molecular formula is C21H20ClN3O4. The third kappa shape index (κ3) is 3.63. The molecule has 2 aromatic carbocycles. The Kier molecular flexibility index (Phi) is 4.77. The van der Waals surface area contributed by atoms with Gasteiger partial charge >= 0.3 is 0 Å². The first-order valence-corrected chi connectivity index (χ1v) is 9.86. The van der Waals surface area contributed by atoms with E-state index in [-0.39, 0.29) is 12.7 Å². The molecule has 3 heterocycles. The second kappa shape index (κ2) is 7.57. The molecule has 0 saturated carbocycles. The van der Waals surface area contributed by atoms with Crippen molar-refractivity contribution in [1.29, 1.82) is 0 Å². The molecule has 2 aliphatic heterocycles. The fraction of sp³-hybridized carbons (Fsp3) is 0.333. The van der Waals surface area contributed by atoms with Crippen LogP contribution < -0.4 is 14.2 Å². The molecule has 5 rings (SSSR count). The highest BCUT2D eigenvalue weighted by atomic mass is 35.5. The van der Waals surface area contributed by atoms with Crippen molar-refractivity contribution in [2.45, 2.75) is 18.9 Å². The van der Waals surface area contributed by atoms with Crippen molar-refractivity contribution in [2.75, 3.05) is 27.0 Å². The number of rotatable bonds is 5. The molecule has 0 radical (unpaired) electrons. The van der Waals surface area contributed by atoms with Crippen LogP contribution in [0.25, 0.3) is 11.4 Å². The summed E-state index contributed by atoms with van der Waals surface area (Å²) in [5.74, 6) is 3.74. The standard InChI is InChI=1S/C21H20ClN3O4/c1-26-16-4-2-13(3-5-16)20-23-21(29-24-20)14-6-7-25(10-14)11-15-8-18-19(9-17(15)22)28-12-27-18/h2-5,8-9,14H,6-7,10-12H2,1H3/t14-/m1/s1. The van der Waals surface area contributed by atoms with Gasteiger partial charge in [-0.25, -0.2) is 0 Å². The number of halogens is 1. The average molecular weight is 414 g/mol. The Hall–Kier alpha value is -2.77. The molecule has 0 spiro atoms. The van der Waals surface area contributed by atoms with Gasteiger partial charge in [-0.05, 0) is 48.9 Å². The Bertz CT molecular complexity index is 1020. The summed E-state index contributed by atoms with van der Waals surface area (Å²) in [6.07, 6.45) is 0.965. The van der Waals surface area contributed by atoms with Crippen LogP contribution in [0.4, 0.5) is 0 Å². The van der Waals surface area contributed by atoms with Gasteiger partial charge in [0.15, 0.2) is 11.5 Å². The first-order chi connectivity index (χ1) is 14.2. The molecule has 3 aromatic rings. The molecule has 8 heteroatoms. The SMILES string of the molecule is COc1ccc(-c2noc([C@@H]3CCN(Cc4cc5c(cc4Cl)OCO5)C3)n2)cc1. The number of ether oxygens (including phenoxy) is 3. The van der Waals surface area contributed by atoms with E-state index in [0.29, 0.717) is 22.5 Å². The van der Waals surface area contributed by atoms with Gasteiger partial charge in [-0.2, -0.15) is 4.98 Å². The molecule has 1 aromatic heterocycles. The monoisotopic (exact) mass is 413 g/mol. The molecule has 0 amide bonds. The van der Waals surface area contributed by atoms with Crippen LogP contribution in [0.15, 0.2) is 40.9 Å². The normalized spacial score (nSPS) is 18.3. The summed E-state index contributed by atoms with van der Waals surface area (Å²) in [5, 5.41) is 4.84. The van der Waals surface area contributed by atoms with Crippen LogP contribution in [-0.4, -0.2) is 42.0 Å². The molecule has 0 N–H and O–H groups in total. The number of benzene rings is 2. The molecule has 1 fully saturated rings. The fourth-order valence-corrected chi connectivity index (χ4v) is 3.97. The summed E-state index contributed by atoms with van der Waals surface area (Å²) in [5.41, 5.74) is 1.93. The Balaban J connectivity index is 1.26. The second-order valence-corrected chi connectivity index (χ2v) is 7.61. The maximum Gasteiger partial charge on any atom is 0.231 e. The minimum Gasteiger partial charge on any atom is -0.497 e. The fourth-order valence-electron chi connectivity index (χ4n) is 3.76. The van der Waals surface area contributed by atoms with Crippen LogP contribution in [0.5, 0.6) is 17.2 Å². The predicted molar refractivity (Wildman–Crippen MR) is 106 cm³/mol. The lowest BCUT2D eigenvalue weighted by molar-refractivity contribution is 0.174. The Labute approximate surface area is 173 Å². The van der Waals surface area contributed by atoms with Gasteiger partial charge in [-0.15, -0.1) is 0 Å². The summed E-state index contributed by atoms with van der Waals surface area (Å²) in [7, 11) is 1.64. The Morgan fingerprint density at radius 3 is 2.76 bits per heavy atom. The van der Waals surface area contributed by atoms with Crippen LogP contribution >= 0.6 is 11.6 Å². The number of hydrogen-bond acceptors (Lipinski definition) is 7. The maximum atomic E-state index is 6.42. The summed E-state index contributed by atoms with van der Waals surface area (Å²) in [4.78, 5) is 6.96. The zero-order valence-electron chi connectivity index (χ0n) is 15.9. The van der Waals surface area contributed by atoms with E-state index in [1.54, 1.807) is 7.11 Å². The highest BCUT2D eigenvalue weighted by Crippen LogP contribution is 2.38. The smallest absolute Gasteiger partial charge is 0.231 e. The largest absolute Gasteiger partial charge is 0.497 e. The number of fused-ring (bicyclic) bond motifs is 1. The zero-order valence-corrected chi connectivity index (χ0v) is 16.7. The van der Waals surface area contributed by atoms with Crippen molar-refractivity contribution in [3.8, 4) is 28.6 Å². The van der Waals surface area contributed by atoms with Gasteiger partial charge in [0, 0.05) is 29.7 Å². The van der Waals surface area contributed by atoms with E-state index in [9.17, 15) is 0 Å². The van der Waals surface area contributed by atoms with E-state index in [2.05, 4.69) is 15.0 Å². The maximum absolute atomic E-state index is 6.42. The number of hydrogen-bond donors (Lipinski definition) is 0. The third-order valence-electron chi connectivity index (χ3n) is 5.35. The lowest BCUT2D eigenvalue weighted by Gasteiger charge is -2.16. The summed E-state index contributed by atoms with van der Waals surface area (Å²) in [6.45, 7) is 2.77. The predicted octanol–water partition coefficient (Wildman–Crippen LogP) is 4.12. The quantitative estimate of drug-likeness (QED) is 0.623. The van der Waals surface area contributed by atoms with Gasteiger partial charge < -0.3 is 18.7 Å². The lowest BCUT2D eigenvalue weighted by atomic mass is 10.1. The highest BCUT2D eigenvalue weighted by molar-refractivity contribution is 6.31. The van der Waals surface area contributed by atoms with Crippen LogP contribution in [0.2, 0.25) is 5.02 Å². The average Bonchev–Trinajstić information content (AvgIpc) is 3.49. The Morgan fingerprint density at radius 1 is 1.17 bits per heavy atom. The number of likely N-dealkylation sites (tertiary alicyclic amines) is 1. The molecule has 150 valence electrons. The number of aromatic nitrogens is 2. The lowest BCUT2D eigenvalue weighted by Crippen LogP contribution is -2.20. The van der Waals surface area contributed by atoms with Gasteiger partial charge in [-0.3, -0.25) is 4.90 Å². The minimum absolute atomic E-state index is 0.210. The van der Waals surface area contributed by atoms with E-state index < -0.39 is 0 Å². The molecule has 1 saturated heterocycles. The van der Waals surface area contributed by atoms with E-state index >= 15 is 0 Å². The van der Waals surface area contributed by atoms with Crippen LogP contribution in [0.1, 0.15) is 23.8 Å². The van der Waals surface area contributed by atoms with Gasteiger partial charge in [-0.1, -0.05) is 16.8 Å². The molecule has 1 atom stereocenters. The van der Waals surface area contributed by atoms with Gasteiger partial charge in [0.1, 0.15) is 5.75 Å². The molecular weight excluding hydrogens is 394 g/mol. The third-order valence-corrected chi connectivity index (χ3v) is 5.70. The molecule has 2 aliphatic rings. The highest BCUT2D eigenvalue weighted by Gasteiger charge is 2.29. The van der Waals surface area contributed by atoms with Crippen LogP contribution in [0, 0.1) is 0 Å². The van der Waals surface area contributed by atoms with Gasteiger partial charge in [0.05, 0.1) is 13.0 Å². The number of nitrogens with zero attached hydrogens (tertiary/aromatic N) is 3. The molecule has 0 bridgehead atoms.